The van der Waals surface area contributed by atoms with Crippen molar-refractivity contribution >= 4 is 5.97 Å². The summed E-state index contributed by atoms with van der Waals surface area (Å²) in [6.07, 6.45) is 0. The van der Waals surface area contributed by atoms with Crippen LogP contribution in [0.2, 0.25) is 0 Å². The smallest absolute Gasteiger partial charge is 0.338 e. The minimum absolute atomic E-state index is 0.311. The van der Waals surface area contributed by atoms with Crippen molar-refractivity contribution in [1.82, 2.24) is 0 Å². The fourth-order valence-electron chi connectivity index (χ4n) is 0.926. The Morgan fingerprint density at radius 1 is 1.36 bits per heavy atom. The van der Waals surface area contributed by atoms with Gasteiger partial charge in [-0.1, -0.05) is 18.2 Å². The molecular weight excluding hydrogens is 178 g/mol. The van der Waals surface area contributed by atoms with E-state index in [1.807, 2.05) is 6.07 Å². The standard InChI is InChI=1S/C11H15NO2/c1-11(2,8-12)14-10(13)9-6-4-3-5-7-9/h3-7H,8,12H2,1-2H3. The number of ether oxygens (including phenoxy) is 1. The molecule has 0 aliphatic heterocycles. The predicted molar refractivity (Wildman–Crippen MR) is 55.0 cm³/mol. The maximum Gasteiger partial charge on any atom is 0.338 e. The number of rotatable bonds is 3. The van der Waals surface area contributed by atoms with Gasteiger partial charge in [-0.15, -0.1) is 0 Å². The Labute approximate surface area is 83.9 Å². The van der Waals surface area contributed by atoms with Gasteiger partial charge < -0.3 is 10.5 Å². The second-order valence-electron chi connectivity index (χ2n) is 3.72. The molecule has 0 radical (unpaired) electrons. The molecule has 0 atom stereocenters. The number of hydrogen-bond donors (Lipinski definition) is 1. The first-order valence-corrected chi connectivity index (χ1v) is 4.53. The summed E-state index contributed by atoms with van der Waals surface area (Å²) in [7, 11) is 0. The lowest BCUT2D eigenvalue weighted by molar-refractivity contribution is 0.00292. The van der Waals surface area contributed by atoms with Gasteiger partial charge in [0.15, 0.2) is 0 Å². The summed E-state index contributed by atoms with van der Waals surface area (Å²) in [6.45, 7) is 3.88. The third-order valence-corrected chi connectivity index (χ3v) is 1.87. The third-order valence-electron chi connectivity index (χ3n) is 1.87. The van der Waals surface area contributed by atoms with E-state index in [1.54, 1.807) is 38.1 Å². The Kier molecular flexibility index (Phi) is 3.25. The average Bonchev–Trinajstić information content (AvgIpc) is 2.19. The highest BCUT2D eigenvalue weighted by atomic mass is 16.6. The number of hydrogen-bond acceptors (Lipinski definition) is 3. The van der Waals surface area contributed by atoms with E-state index in [0.29, 0.717) is 12.1 Å². The zero-order chi connectivity index (χ0) is 10.6. The molecule has 76 valence electrons. The van der Waals surface area contributed by atoms with Gasteiger partial charge in [0, 0.05) is 6.54 Å². The predicted octanol–water partition coefficient (Wildman–Crippen LogP) is 1.58. The zero-order valence-corrected chi connectivity index (χ0v) is 8.49. The molecule has 0 unspecified atom stereocenters. The summed E-state index contributed by atoms with van der Waals surface area (Å²) in [6, 6.07) is 8.88. The first-order valence-electron chi connectivity index (χ1n) is 4.53. The molecule has 0 heterocycles. The largest absolute Gasteiger partial charge is 0.455 e. The van der Waals surface area contributed by atoms with E-state index < -0.39 is 5.60 Å². The van der Waals surface area contributed by atoms with Crippen LogP contribution in [0, 0.1) is 0 Å². The van der Waals surface area contributed by atoms with Crippen molar-refractivity contribution in [2.75, 3.05) is 6.54 Å². The van der Waals surface area contributed by atoms with Crippen LogP contribution in [0.15, 0.2) is 30.3 Å². The van der Waals surface area contributed by atoms with E-state index in [4.69, 9.17) is 10.5 Å². The number of esters is 1. The van der Waals surface area contributed by atoms with Crippen LogP contribution in [0.5, 0.6) is 0 Å². The molecule has 0 amide bonds. The van der Waals surface area contributed by atoms with Crippen LogP contribution in [-0.2, 0) is 4.74 Å². The van der Waals surface area contributed by atoms with Crippen LogP contribution in [0.25, 0.3) is 0 Å². The lowest BCUT2D eigenvalue weighted by Gasteiger charge is -2.22. The van der Waals surface area contributed by atoms with Crippen molar-refractivity contribution in [2.45, 2.75) is 19.4 Å². The average molecular weight is 193 g/mol. The molecule has 1 rings (SSSR count). The highest BCUT2D eigenvalue weighted by Gasteiger charge is 2.21. The lowest BCUT2D eigenvalue weighted by atomic mass is 10.1. The monoisotopic (exact) mass is 193 g/mol. The van der Waals surface area contributed by atoms with Gasteiger partial charge in [-0.3, -0.25) is 0 Å². The molecule has 0 fully saturated rings. The Bertz CT molecular complexity index is 306. The maximum absolute atomic E-state index is 11.5. The molecule has 0 bridgehead atoms. The number of carbonyl (C=O) groups excluding carboxylic acids is 1. The van der Waals surface area contributed by atoms with E-state index in [0.717, 1.165) is 0 Å². The van der Waals surface area contributed by atoms with Gasteiger partial charge in [0.25, 0.3) is 0 Å². The molecule has 14 heavy (non-hydrogen) atoms. The number of nitrogens with two attached hydrogens (primary N) is 1. The van der Waals surface area contributed by atoms with Crippen LogP contribution < -0.4 is 5.73 Å². The Morgan fingerprint density at radius 2 is 1.93 bits per heavy atom. The Balaban J connectivity index is 2.69. The SMILES string of the molecule is CC(C)(CN)OC(=O)c1ccccc1. The quantitative estimate of drug-likeness (QED) is 0.741. The third kappa shape index (κ3) is 2.85. The fourth-order valence-corrected chi connectivity index (χ4v) is 0.926. The summed E-state index contributed by atoms with van der Waals surface area (Å²) < 4.78 is 5.21. The number of carbonyl (C=O) groups is 1. The van der Waals surface area contributed by atoms with Crippen molar-refractivity contribution in [3.8, 4) is 0 Å². The molecule has 0 spiro atoms. The van der Waals surface area contributed by atoms with Gasteiger partial charge in [-0.05, 0) is 26.0 Å². The van der Waals surface area contributed by atoms with Crippen LogP contribution in [0.4, 0.5) is 0 Å². The maximum atomic E-state index is 11.5. The second kappa shape index (κ2) is 4.24. The lowest BCUT2D eigenvalue weighted by Crippen LogP contribution is -2.36. The molecule has 1 aromatic carbocycles. The Morgan fingerprint density at radius 3 is 2.43 bits per heavy atom. The Hall–Kier alpha value is -1.35. The molecule has 0 saturated carbocycles. The molecule has 0 aliphatic rings. The van der Waals surface area contributed by atoms with E-state index in [9.17, 15) is 4.79 Å². The van der Waals surface area contributed by atoms with E-state index in [-0.39, 0.29) is 5.97 Å². The summed E-state index contributed by atoms with van der Waals surface area (Å²) in [4.78, 5) is 11.5. The molecule has 0 aromatic heterocycles. The van der Waals surface area contributed by atoms with Gasteiger partial charge in [-0.25, -0.2) is 4.79 Å². The summed E-state index contributed by atoms with van der Waals surface area (Å²) >= 11 is 0. The molecule has 0 aliphatic carbocycles. The first-order chi connectivity index (χ1) is 6.55. The van der Waals surface area contributed by atoms with E-state index in [1.165, 1.54) is 0 Å². The summed E-state index contributed by atoms with van der Waals surface area (Å²) in [5.41, 5.74) is 5.40. The van der Waals surface area contributed by atoms with Crippen LogP contribution in [-0.4, -0.2) is 18.1 Å². The summed E-state index contributed by atoms with van der Waals surface area (Å²) in [5, 5.41) is 0. The molecule has 0 saturated heterocycles. The molecule has 3 heteroatoms. The zero-order valence-electron chi connectivity index (χ0n) is 8.49. The second-order valence-corrected chi connectivity index (χ2v) is 3.72. The normalized spacial score (nSPS) is 11.1. The van der Waals surface area contributed by atoms with Gasteiger partial charge in [-0.2, -0.15) is 0 Å². The van der Waals surface area contributed by atoms with Gasteiger partial charge in [0.2, 0.25) is 0 Å². The fraction of sp³-hybridized carbons (Fsp3) is 0.364. The molecule has 1 aromatic rings. The summed E-state index contributed by atoms with van der Waals surface area (Å²) in [5.74, 6) is -0.332. The van der Waals surface area contributed by atoms with Crippen LogP contribution >= 0.6 is 0 Å². The van der Waals surface area contributed by atoms with Gasteiger partial charge >= 0.3 is 5.97 Å². The van der Waals surface area contributed by atoms with Gasteiger partial charge in [0.05, 0.1) is 5.56 Å². The van der Waals surface area contributed by atoms with Gasteiger partial charge in [0.1, 0.15) is 5.60 Å². The van der Waals surface area contributed by atoms with Crippen LogP contribution in [0.1, 0.15) is 24.2 Å². The van der Waals surface area contributed by atoms with Crippen molar-refractivity contribution in [1.29, 1.82) is 0 Å². The molecule has 3 nitrogen and oxygen atoms in total. The first kappa shape index (κ1) is 10.7. The van der Waals surface area contributed by atoms with Crippen molar-refractivity contribution in [3.05, 3.63) is 35.9 Å². The minimum Gasteiger partial charge on any atom is -0.455 e. The minimum atomic E-state index is -0.604. The molecule has 2 N–H and O–H groups in total. The van der Waals surface area contributed by atoms with Crippen molar-refractivity contribution in [3.63, 3.8) is 0 Å². The highest BCUT2D eigenvalue weighted by molar-refractivity contribution is 5.89. The highest BCUT2D eigenvalue weighted by Crippen LogP contribution is 2.11. The van der Waals surface area contributed by atoms with E-state index in [2.05, 4.69) is 0 Å². The van der Waals surface area contributed by atoms with Crippen LogP contribution in [0.3, 0.4) is 0 Å². The number of benzene rings is 1. The van der Waals surface area contributed by atoms with E-state index >= 15 is 0 Å². The van der Waals surface area contributed by atoms with Crippen molar-refractivity contribution in [2.24, 2.45) is 5.73 Å². The molecular formula is C11H15NO2. The van der Waals surface area contributed by atoms with Crippen molar-refractivity contribution < 1.29 is 9.53 Å². The topological polar surface area (TPSA) is 52.3 Å².